The summed E-state index contributed by atoms with van der Waals surface area (Å²) in [5.41, 5.74) is 0.336. The molecule has 1 aromatic heterocycles. The summed E-state index contributed by atoms with van der Waals surface area (Å²) in [5.74, 6) is -0.498. The Kier molecular flexibility index (Phi) is 5.07. The molecule has 8 nitrogen and oxygen atoms in total. The molecule has 0 aliphatic heterocycles. The maximum Gasteiger partial charge on any atom is 0.331 e. The van der Waals surface area contributed by atoms with Gasteiger partial charge in [0.05, 0.1) is 21.4 Å². The van der Waals surface area contributed by atoms with Gasteiger partial charge >= 0.3 is 5.97 Å². The molecule has 3 rings (SSSR count). The number of esters is 1. The fourth-order valence-corrected chi connectivity index (χ4v) is 2.52. The number of nitrogens with one attached hydrogen (secondary N) is 1. The first-order valence-electron chi connectivity index (χ1n) is 8.07. The molecule has 0 radical (unpaired) electrons. The molecule has 0 spiro atoms. The zero-order valence-electron chi connectivity index (χ0n) is 14.3. The Balaban J connectivity index is 1.77. The quantitative estimate of drug-likeness (QED) is 0.321. The van der Waals surface area contributed by atoms with Crippen molar-refractivity contribution in [1.82, 2.24) is 9.97 Å². The van der Waals surface area contributed by atoms with Gasteiger partial charge in [0.2, 0.25) is 0 Å². The summed E-state index contributed by atoms with van der Waals surface area (Å²) in [4.78, 5) is 41.5. The van der Waals surface area contributed by atoms with E-state index < -0.39 is 17.0 Å². The van der Waals surface area contributed by atoms with Crippen LogP contribution in [0.5, 0.6) is 0 Å². The van der Waals surface area contributed by atoms with Gasteiger partial charge in [-0.2, -0.15) is 0 Å². The van der Waals surface area contributed by atoms with Gasteiger partial charge in [-0.3, -0.25) is 14.9 Å². The Morgan fingerprint density at radius 1 is 1.22 bits per heavy atom. The van der Waals surface area contributed by atoms with Crippen LogP contribution in [-0.2, 0) is 9.53 Å². The van der Waals surface area contributed by atoms with Crippen molar-refractivity contribution >= 4 is 28.6 Å². The SMILES string of the molecule is C[C@H](OC(=O)/C=C/c1ccccc1[N+](=O)[O-])c1nc2ccccc2c(=O)[nH]1. The molecule has 2 aromatic carbocycles. The number of carbonyl (C=O) groups is 1. The number of hydrogen-bond acceptors (Lipinski definition) is 6. The lowest BCUT2D eigenvalue weighted by Gasteiger charge is -2.11. The monoisotopic (exact) mass is 365 g/mol. The molecular formula is C19H15N3O5. The highest BCUT2D eigenvalue weighted by molar-refractivity contribution is 5.88. The van der Waals surface area contributed by atoms with Crippen LogP contribution >= 0.6 is 0 Å². The van der Waals surface area contributed by atoms with Crippen LogP contribution in [0.25, 0.3) is 17.0 Å². The highest BCUT2D eigenvalue weighted by Gasteiger charge is 2.15. The molecule has 0 aliphatic rings. The van der Waals surface area contributed by atoms with E-state index in [1.165, 1.54) is 24.3 Å². The molecular weight excluding hydrogens is 350 g/mol. The van der Waals surface area contributed by atoms with Gasteiger partial charge in [0.25, 0.3) is 11.2 Å². The zero-order chi connectivity index (χ0) is 19.4. The van der Waals surface area contributed by atoms with E-state index in [1.54, 1.807) is 37.3 Å². The number of carbonyl (C=O) groups excluding carboxylic acids is 1. The predicted molar refractivity (Wildman–Crippen MR) is 99.0 cm³/mol. The van der Waals surface area contributed by atoms with Gasteiger partial charge in [-0.05, 0) is 31.2 Å². The van der Waals surface area contributed by atoms with E-state index >= 15 is 0 Å². The normalized spacial score (nSPS) is 12.2. The van der Waals surface area contributed by atoms with Crippen molar-refractivity contribution in [2.45, 2.75) is 13.0 Å². The van der Waals surface area contributed by atoms with E-state index in [-0.39, 0.29) is 22.6 Å². The number of hydrogen-bond donors (Lipinski definition) is 1. The molecule has 0 bridgehead atoms. The summed E-state index contributed by atoms with van der Waals surface area (Å²) in [5, 5.41) is 11.4. The summed E-state index contributed by atoms with van der Waals surface area (Å²) in [6.45, 7) is 1.57. The number of H-pyrrole nitrogens is 1. The lowest BCUT2D eigenvalue weighted by molar-refractivity contribution is -0.385. The molecule has 136 valence electrons. The summed E-state index contributed by atoms with van der Waals surface area (Å²) in [6, 6.07) is 12.9. The summed E-state index contributed by atoms with van der Waals surface area (Å²) in [7, 11) is 0. The standard InChI is InChI=1S/C19H15N3O5/c1-12(18-20-15-8-4-3-7-14(15)19(24)21-18)27-17(23)11-10-13-6-2-5-9-16(13)22(25)26/h2-12H,1H3,(H,20,21,24)/b11-10+/t12-/m0/s1. The Morgan fingerprint density at radius 3 is 2.70 bits per heavy atom. The van der Waals surface area contributed by atoms with E-state index in [1.807, 2.05) is 0 Å². The molecule has 1 N–H and O–H groups in total. The molecule has 1 heterocycles. The minimum Gasteiger partial charge on any atom is -0.451 e. The number of nitrogens with zero attached hydrogens (tertiary/aromatic N) is 2. The molecule has 0 unspecified atom stereocenters. The van der Waals surface area contributed by atoms with Crippen LogP contribution in [0.3, 0.4) is 0 Å². The second kappa shape index (κ2) is 7.61. The average molecular weight is 365 g/mol. The second-order valence-electron chi connectivity index (χ2n) is 5.70. The first-order chi connectivity index (χ1) is 13.0. The van der Waals surface area contributed by atoms with Crippen molar-refractivity contribution in [3.63, 3.8) is 0 Å². The zero-order valence-corrected chi connectivity index (χ0v) is 14.3. The van der Waals surface area contributed by atoms with E-state index in [9.17, 15) is 19.7 Å². The number of ether oxygens (including phenoxy) is 1. The van der Waals surface area contributed by atoms with E-state index in [2.05, 4.69) is 9.97 Å². The van der Waals surface area contributed by atoms with Crippen molar-refractivity contribution in [2.24, 2.45) is 0 Å². The highest BCUT2D eigenvalue weighted by atomic mass is 16.6. The third kappa shape index (κ3) is 4.06. The number of fused-ring (bicyclic) bond motifs is 1. The molecule has 1 atom stereocenters. The number of para-hydroxylation sites is 2. The Bertz CT molecular complexity index is 1100. The van der Waals surface area contributed by atoms with E-state index in [0.717, 1.165) is 6.08 Å². The van der Waals surface area contributed by atoms with Crippen molar-refractivity contribution in [3.05, 3.63) is 86.5 Å². The lowest BCUT2D eigenvalue weighted by Crippen LogP contribution is -2.16. The van der Waals surface area contributed by atoms with Gasteiger partial charge < -0.3 is 9.72 Å². The Hall–Kier alpha value is -3.81. The lowest BCUT2D eigenvalue weighted by atomic mass is 10.1. The van der Waals surface area contributed by atoms with Crippen LogP contribution in [0.4, 0.5) is 5.69 Å². The molecule has 27 heavy (non-hydrogen) atoms. The Morgan fingerprint density at radius 2 is 1.93 bits per heavy atom. The topological polar surface area (TPSA) is 115 Å². The van der Waals surface area contributed by atoms with Crippen molar-refractivity contribution < 1.29 is 14.5 Å². The molecule has 0 amide bonds. The number of rotatable bonds is 5. The van der Waals surface area contributed by atoms with Gasteiger partial charge in [-0.15, -0.1) is 0 Å². The Labute approximate surface area is 153 Å². The average Bonchev–Trinajstić information content (AvgIpc) is 2.66. The van der Waals surface area contributed by atoms with Gasteiger partial charge in [0.1, 0.15) is 0 Å². The predicted octanol–water partition coefficient (Wildman–Crippen LogP) is 3.15. The third-order valence-corrected chi connectivity index (χ3v) is 3.84. The summed E-state index contributed by atoms with van der Waals surface area (Å²) in [6.07, 6.45) is 1.60. The van der Waals surface area contributed by atoms with Crippen LogP contribution < -0.4 is 5.56 Å². The number of benzene rings is 2. The molecule has 3 aromatic rings. The molecule has 0 saturated carbocycles. The molecule has 0 saturated heterocycles. The smallest absolute Gasteiger partial charge is 0.331 e. The second-order valence-corrected chi connectivity index (χ2v) is 5.70. The largest absolute Gasteiger partial charge is 0.451 e. The minimum atomic E-state index is -0.801. The van der Waals surface area contributed by atoms with Crippen LogP contribution in [0.15, 0.2) is 59.4 Å². The fourth-order valence-electron chi connectivity index (χ4n) is 2.52. The fraction of sp³-hybridized carbons (Fsp3) is 0.105. The van der Waals surface area contributed by atoms with Crippen LogP contribution in [0.1, 0.15) is 24.4 Å². The van der Waals surface area contributed by atoms with E-state index in [4.69, 9.17) is 4.74 Å². The first kappa shape index (κ1) is 18.0. The molecule has 0 fully saturated rings. The van der Waals surface area contributed by atoms with Crippen LogP contribution in [0.2, 0.25) is 0 Å². The summed E-state index contributed by atoms with van der Waals surface area (Å²) >= 11 is 0. The van der Waals surface area contributed by atoms with Crippen molar-refractivity contribution in [2.75, 3.05) is 0 Å². The number of aromatic amines is 1. The number of aromatic nitrogens is 2. The molecule has 0 aliphatic carbocycles. The number of nitro groups is 1. The van der Waals surface area contributed by atoms with Crippen LogP contribution in [-0.4, -0.2) is 20.9 Å². The van der Waals surface area contributed by atoms with Crippen molar-refractivity contribution in [1.29, 1.82) is 0 Å². The number of nitro benzene ring substituents is 1. The molecule has 8 heteroatoms. The van der Waals surface area contributed by atoms with Gasteiger partial charge in [0, 0.05) is 12.1 Å². The van der Waals surface area contributed by atoms with Crippen LogP contribution in [0, 0.1) is 10.1 Å². The third-order valence-electron chi connectivity index (χ3n) is 3.84. The summed E-state index contributed by atoms with van der Waals surface area (Å²) < 4.78 is 5.23. The van der Waals surface area contributed by atoms with E-state index in [0.29, 0.717) is 10.9 Å². The van der Waals surface area contributed by atoms with Gasteiger partial charge in [-0.25, -0.2) is 9.78 Å². The maximum absolute atomic E-state index is 12.1. The first-order valence-corrected chi connectivity index (χ1v) is 8.07. The highest BCUT2D eigenvalue weighted by Crippen LogP contribution is 2.19. The van der Waals surface area contributed by atoms with Gasteiger partial charge in [0.15, 0.2) is 11.9 Å². The van der Waals surface area contributed by atoms with Gasteiger partial charge in [-0.1, -0.05) is 24.3 Å². The minimum absolute atomic E-state index is 0.116. The van der Waals surface area contributed by atoms with Crippen molar-refractivity contribution in [3.8, 4) is 0 Å². The maximum atomic E-state index is 12.1.